The standard InChI is InChI=1S/C12H18FNO2/c1-6-5-9(13)7(2)10(12(6)16-4)11(15)8(3)14/h5,8,11,15H,14H2,1-4H3. The molecule has 3 nitrogen and oxygen atoms in total. The fourth-order valence-corrected chi connectivity index (χ4v) is 1.77. The molecule has 0 amide bonds. The number of benzene rings is 1. The molecule has 0 aliphatic heterocycles. The average Bonchev–Trinajstić information content (AvgIpc) is 2.21. The Morgan fingerprint density at radius 2 is 2.00 bits per heavy atom. The number of ether oxygens (including phenoxy) is 1. The van der Waals surface area contributed by atoms with Crippen molar-refractivity contribution in [3.8, 4) is 5.75 Å². The lowest BCUT2D eigenvalue weighted by molar-refractivity contribution is 0.148. The Labute approximate surface area is 95.0 Å². The van der Waals surface area contributed by atoms with Gasteiger partial charge in [0.2, 0.25) is 0 Å². The van der Waals surface area contributed by atoms with Gasteiger partial charge in [-0.3, -0.25) is 0 Å². The number of hydrogen-bond donors (Lipinski definition) is 2. The molecule has 4 heteroatoms. The van der Waals surface area contributed by atoms with Crippen LogP contribution in [0.5, 0.6) is 5.75 Å². The third-order valence-electron chi connectivity index (χ3n) is 2.71. The van der Waals surface area contributed by atoms with Crippen LogP contribution in [0.15, 0.2) is 6.07 Å². The second kappa shape index (κ2) is 4.80. The summed E-state index contributed by atoms with van der Waals surface area (Å²) in [6, 6.07) is 0.916. The van der Waals surface area contributed by atoms with Crippen molar-refractivity contribution >= 4 is 0 Å². The summed E-state index contributed by atoms with van der Waals surface area (Å²) in [7, 11) is 1.50. The van der Waals surface area contributed by atoms with E-state index < -0.39 is 12.1 Å². The predicted octanol–water partition coefficient (Wildman–Crippen LogP) is 1.83. The number of rotatable bonds is 3. The van der Waals surface area contributed by atoms with Gasteiger partial charge in [-0.1, -0.05) is 0 Å². The molecule has 0 saturated carbocycles. The number of hydrogen-bond acceptors (Lipinski definition) is 3. The molecule has 3 N–H and O–H groups in total. The maximum absolute atomic E-state index is 13.6. The minimum atomic E-state index is -0.927. The summed E-state index contributed by atoms with van der Waals surface area (Å²) >= 11 is 0. The summed E-state index contributed by atoms with van der Waals surface area (Å²) in [4.78, 5) is 0. The zero-order valence-electron chi connectivity index (χ0n) is 10.0. The molecule has 0 radical (unpaired) electrons. The summed E-state index contributed by atoms with van der Waals surface area (Å²) in [5.41, 5.74) is 7.11. The fraction of sp³-hybridized carbons (Fsp3) is 0.500. The lowest BCUT2D eigenvalue weighted by atomic mass is 9.95. The van der Waals surface area contributed by atoms with Crippen LogP contribution in [0.2, 0.25) is 0 Å². The third-order valence-corrected chi connectivity index (χ3v) is 2.71. The van der Waals surface area contributed by atoms with Crippen LogP contribution in [-0.2, 0) is 0 Å². The highest BCUT2D eigenvalue weighted by Crippen LogP contribution is 2.34. The maximum atomic E-state index is 13.6. The second-order valence-corrected chi connectivity index (χ2v) is 4.05. The maximum Gasteiger partial charge on any atom is 0.128 e. The highest BCUT2D eigenvalue weighted by atomic mass is 19.1. The Kier molecular flexibility index (Phi) is 3.88. The van der Waals surface area contributed by atoms with E-state index in [-0.39, 0.29) is 5.82 Å². The molecule has 16 heavy (non-hydrogen) atoms. The summed E-state index contributed by atoms with van der Waals surface area (Å²) in [5.74, 6) is 0.150. The van der Waals surface area contributed by atoms with Crippen molar-refractivity contribution in [1.82, 2.24) is 0 Å². The Balaban J connectivity index is 3.44. The van der Waals surface area contributed by atoms with E-state index >= 15 is 0 Å². The van der Waals surface area contributed by atoms with Gasteiger partial charge in [0.05, 0.1) is 13.2 Å². The first kappa shape index (κ1) is 12.9. The first-order valence-electron chi connectivity index (χ1n) is 5.17. The highest BCUT2D eigenvalue weighted by Gasteiger charge is 2.23. The highest BCUT2D eigenvalue weighted by molar-refractivity contribution is 5.48. The molecule has 1 aromatic rings. The molecule has 2 atom stereocenters. The van der Waals surface area contributed by atoms with Gasteiger partial charge in [-0.2, -0.15) is 0 Å². The molecule has 90 valence electrons. The summed E-state index contributed by atoms with van der Waals surface area (Å²) in [6.45, 7) is 5.01. The molecule has 2 unspecified atom stereocenters. The van der Waals surface area contributed by atoms with Crippen LogP contribution >= 0.6 is 0 Å². The zero-order chi connectivity index (χ0) is 12.5. The molecule has 0 fully saturated rings. The molecule has 1 rings (SSSR count). The Morgan fingerprint density at radius 1 is 1.44 bits per heavy atom. The van der Waals surface area contributed by atoms with E-state index in [1.807, 2.05) is 0 Å². The van der Waals surface area contributed by atoms with E-state index in [1.165, 1.54) is 13.2 Å². The van der Waals surface area contributed by atoms with Crippen molar-refractivity contribution in [3.63, 3.8) is 0 Å². The van der Waals surface area contributed by atoms with Gasteiger partial charge in [0.25, 0.3) is 0 Å². The smallest absolute Gasteiger partial charge is 0.128 e. The number of nitrogens with two attached hydrogens (primary N) is 1. The summed E-state index contributed by atoms with van der Waals surface area (Å²) < 4.78 is 18.8. The number of aliphatic hydroxyl groups is 1. The molecule has 0 saturated heterocycles. The van der Waals surface area contributed by atoms with Gasteiger partial charge in [-0.25, -0.2) is 4.39 Å². The summed E-state index contributed by atoms with van der Waals surface area (Å²) in [6.07, 6.45) is -0.927. The second-order valence-electron chi connectivity index (χ2n) is 4.05. The zero-order valence-corrected chi connectivity index (χ0v) is 10.0. The molecule has 0 bridgehead atoms. The molecule has 0 aromatic heterocycles. The van der Waals surface area contributed by atoms with E-state index in [0.29, 0.717) is 22.4 Å². The van der Waals surface area contributed by atoms with Crippen molar-refractivity contribution in [3.05, 3.63) is 28.6 Å². The quantitative estimate of drug-likeness (QED) is 0.828. The van der Waals surface area contributed by atoms with Crippen molar-refractivity contribution in [2.75, 3.05) is 7.11 Å². The Hall–Kier alpha value is -1.13. The van der Waals surface area contributed by atoms with E-state index in [2.05, 4.69) is 0 Å². The van der Waals surface area contributed by atoms with Crippen LogP contribution in [0.1, 0.15) is 29.7 Å². The largest absolute Gasteiger partial charge is 0.496 e. The van der Waals surface area contributed by atoms with Gasteiger partial charge in [0.15, 0.2) is 0 Å². The minimum Gasteiger partial charge on any atom is -0.496 e. The van der Waals surface area contributed by atoms with Crippen LogP contribution in [0.25, 0.3) is 0 Å². The molecule has 0 heterocycles. The van der Waals surface area contributed by atoms with E-state index in [0.717, 1.165) is 0 Å². The molecule has 0 spiro atoms. The topological polar surface area (TPSA) is 55.5 Å². The van der Waals surface area contributed by atoms with Crippen LogP contribution in [0, 0.1) is 19.7 Å². The monoisotopic (exact) mass is 227 g/mol. The Bertz CT molecular complexity index is 391. The van der Waals surface area contributed by atoms with Gasteiger partial charge < -0.3 is 15.6 Å². The van der Waals surface area contributed by atoms with E-state index in [9.17, 15) is 9.50 Å². The minimum absolute atomic E-state index is 0.354. The molecular formula is C12H18FNO2. The van der Waals surface area contributed by atoms with Gasteiger partial charge in [0.1, 0.15) is 11.6 Å². The number of halogens is 1. The van der Waals surface area contributed by atoms with Gasteiger partial charge in [-0.15, -0.1) is 0 Å². The van der Waals surface area contributed by atoms with Crippen LogP contribution < -0.4 is 10.5 Å². The van der Waals surface area contributed by atoms with Crippen molar-refractivity contribution in [2.45, 2.75) is 32.9 Å². The van der Waals surface area contributed by atoms with Crippen molar-refractivity contribution < 1.29 is 14.2 Å². The van der Waals surface area contributed by atoms with Crippen LogP contribution in [0.4, 0.5) is 4.39 Å². The van der Waals surface area contributed by atoms with Crippen molar-refractivity contribution in [1.29, 1.82) is 0 Å². The van der Waals surface area contributed by atoms with Gasteiger partial charge in [-0.05, 0) is 38.0 Å². The van der Waals surface area contributed by atoms with E-state index in [4.69, 9.17) is 10.5 Å². The lowest BCUT2D eigenvalue weighted by Gasteiger charge is -2.22. The van der Waals surface area contributed by atoms with Crippen molar-refractivity contribution in [2.24, 2.45) is 5.73 Å². The first-order valence-corrected chi connectivity index (χ1v) is 5.17. The SMILES string of the molecule is COc1c(C)cc(F)c(C)c1C(O)C(C)N. The lowest BCUT2D eigenvalue weighted by Crippen LogP contribution is -2.26. The predicted molar refractivity (Wildman–Crippen MR) is 61.0 cm³/mol. The number of aryl methyl sites for hydroxylation is 1. The summed E-state index contributed by atoms with van der Waals surface area (Å²) in [5, 5.41) is 9.97. The van der Waals surface area contributed by atoms with Gasteiger partial charge >= 0.3 is 0 Å². The molecular weight excluding hydrogens is 209 g/mol. The molecule has 0 aliphatic rings. The number of aliphatic hydroxyl groups excluding tert-OH is 1. The molecule has 1 aromatic carbocycles. The van der Waals surface area contributed by atoms with E-state index in [1.54, 1.807) is 20.8 Å². The van der Waals surface area contributed by atoms with Crippen LogP contribution in [-0.4, -0.2) is 18.3 Å². The molecule has 0 aliphatic carbocycles. The average molecular weight is 227 g/mol. The first-order chi connectivity index (χ1) is 7.40. The number of methoxy groups -OCH3 is 1. The fourth-order valence-electron chi connectivity index (χ4n) is 1.77. The Morgan fingerprint density at radius 3 is 2.44 bits per heavy atom. The normalized spacial score (nSPS) is 14.7. The van der Waals surface area contributed by atoms with Crippen LogP contribution in [0.3, 0.4) is 0 Å². The third kappa shape index (κ3) is 2.18. The van der Waals surface area contributed by atoms with Gasteiger partial charge in [0, 0.05) is 11.6 Å².